The van der Waals surface area contributed by atoms with Crippen LogP contribution in [0.3, 0.4) is 0 Å². The molecule has 2 N–H and O–H groups in total. The van der Waals surface area contributed by atoms with Crippen molar-refractivity contribution < 1.29 is 14.3 Å². The minimum absolute atomic E-state index is 0.0353. The highest BCUT2D eigenvalue weighted by molar-refractivity contribution is 7.99. The van der Waals surface area contributed by atoms with Crippen molar-refractivity contribution in [2.24, 2.45) is 0 Å². The topological polar surface area (TPSA) is 98.4 Å². The number of hydrogen-bond donors (Lipinski definition) is 1. The van der Waals surface area contributed by atoms with Crippen LogP contribution in [0.25, 0.3) is 0 Å². The van der Waals surface area contributed by atoms with Gasteiger partial charge in [-0.05, 0) is 17.7 Å². The van der Waals surface area contributed by atoms with E-state index in [0.29, 0.717) is 5.75 Å². The number of nitrogen functional groups attached to an aromatic ring is 1. The zero-order chi connectivity index (χ0) is 20.2. The maximum Gasteiger partial charge on any atom is 0.361 e. The van der Waals surface area contributed by atoms with E-state index in [2.05, 4.69) is 9.97 Å². The van der Waals surface area contributed by atoms with Crippen LogP contribution >= 0.6 is 11.8 Å². The van der Waals surface area contributed by atoms with Gasteiger partial charge >= 0.3 is 5.97 Å². The Hall–Kier alpha value is -3.39. The summed E-state index contributed by atoms with van der Waals surface area (Å²) in [6, 6.07) is 17.4. The second kappa shape index (κ2) is 8.32. The van der Waals surface area contributed by atoms with Gasteiger partial charge in [0.15, 0.2) is 18.1 Å². The molecule has 1 aliphatic rings. The molecule has 0 radical (unpaired) electrons. The summed E-state index contributed by atoms with van der Waals surface area (Å²) >= 11 is 1.70. The van der Waals surface area contributed by atoms with Gasteiger partial charge in [-0.1, -0.05) is 42.5 Å². The van der Waals surface area contributed by atoms with Gasteiger partial charge in [0.25, 0.3) is 5.91 Å². The lowest BCUT2D eigenvalue weighted by Gasteiger charge is -2.37. The summed E-state index contributed by atoms with van der Waals surface area (Å²) in [5, 5.41) is 0. The molecule has 3 aromatic rings. The van der Waals surface area contributed by atoms with E-state index in [-0.39, 0.29) is 23.5 Å². The molecular weight excluding hydrogens is 388 g/mol. The Morgan fingerprint density at radius 3 is 2.59 bits per heavy atom. The Balaban J connectivity index is 1.58. The SMILES string of the molecule is Nc1nccnc1C(=O)OCC(=O)N1c2ccccc2SC[C@H]1c1ccccc1. The van der Waals surface area contributed by atoms with Gasteiger partial charge in [0.1, 0.15) is 0 Å². The van der Waals surface area contributed by atoms with Gasteiger partial charge in [0, 0.05) is 23.0 Å². The molecule has 2 heterocycles. The zero-order valence-electron chi connectivity index (χ0n) is 15.4. The Morgan fingerprint density at radius 2 is 1.79 bits per heavy atom. The van der Waals surface area contributed by atoms with Crippen molar-refractivity contribution in [3.05, 3.63) is 78.2 Å². The first kappa shape index (κ1) is 18.9. The van der Waals surface area contributed by atoms with Crippen molar-refractivity contribution >= 4 is 35.1 Å². The predicted octanol–water partition coefficient (Wildman–Crippen LogP) is 3.10. The number of hydrogen-bond acceptors (Lipinski definition) is 7. The lowest BCUT2D eigenvalue weighted by Crippen LogP contribution is -2.41. The highest BCUT2D eigenvalue weighted by Gasteiger charge is 2.33. The second-order valence-electron chi connectivity index (χ2n) is 6.34. The number of carbonyl (C=O) groups is 2. The second-order valence-corrected chi connectivity index (χ2v) is 7.40. The summed E-state index contributed by atoms with van der Waals surface area (Å²) in [6.45, 7) is -0.419. The van der Waals surface area contributed by atoms with E-state index in [4.69, 9.17) is 10.5 Å². The number of rotatable bonds is 4. The summed E-state index contributed by atoms with van der Waals surface area (Å²) in [7, 11) is 0. The number of amides is 1. The fourth-order valence-electron chi connectivity index (χ4n) is 3.19. The van der Waals surface area contributed by atoms with E-state index in [9.17, 15) is 9.59 Å². The highest BCUT2D eigenvalue weighted by atomic mass is 32.2. The van der Waals surface area contributed by atoms with Gasteiger partial charge in [-0.2, -0.15) is 0 Å². The summed E-state index contributed by atoms with van der Waals surface area (Å²) in [4.78, 5) is 35.8. The molecule has 0 unspecified atom stereocenters. The number of carbonyl (C=O) groups excluding carboxylic acids is 2. The van der Waals surface area contributed by atoms with E-state index in [0.717, 1.165) is 16.1 Å². The fraction of sp³-hybridized carbons (Fsp3) is 0.143. The van der Waals surface area contributed by atoms with Gasteiger partial charge in [-0.15, -0.1) is 11.8 Å². The van der Waals surface area contributed by atoms with Gasteiger partial charge in [-0.3, -0.25) is 9.69 Å². The van der Waals surface area contributed by atoms with Crippen molar-refractivity contribution in [3.8, 4) is 0 Å². The van der Waals surface area contributed by atoms with Gasteiger partial charge in [-0.25, -0.2) is 14.8 Å². The van der Waals surface area contributed by atoms with Crippen molar-refractivity contribution in [2.45, 2.75) is 10.9 Å². The van der Waals surface area contributed by atoms with Crippen LogP contribution in [0.4, 0.5) is 11.5 Å². The highest BCUT2D eigenvalue weighted by Crippen LogP contribution is 2.43. The summed E-state index contributed by atoms with van der Waals surface area (Å²) in [5.74, 6) is -0.424. The normalized spacial score (nSPS) is 15.4. The van der Waals surface area contributed by atoms with Crippen molar-refractivity contribution in [3.63, 3.8) is 0 Å². The third-order valence-corrected chi connectivity index (χ3v) is 5.67. The first-order valence-corrected chi connectivity index (χ1v) is 9.96. The number of thioether (sulfide) groups is 1. The molecule has 2 aromatic carbocycles. The van der Waals surface area contributed by atoms with Crippen LogP contribution < -0.4 is 10.6 Å². The molecule has 29 heavy (non-hydrogen) atoms. The standard InChI is InChI=1S/C21H18N4O3S/c22-20-19(23-10-11-24-20)21(27)28-12-18(26)25-15-8-4-5-9-17(15)29-13-16(25)14-6-2-1-3-7-14/h1-11,16H,12-13H2,(H2,22,24)/t16-/m0/s1. The summed E-state index contributed by atoms with van der Waals surface area (Å²) < 4.78 is 5.20. The van der Waals surface area contributed by atoms with Crippen molar-refractivity contribution in [2.75, 3.05) is 23.0 Å². The quantitative estimate of drug-likeness (QED) is 0.665. The lowest BCUT2D eigenvalue weighted by atomic mass is 10.1. The summed E-state index contributed by atoms with van der Waals surface area (Å²) in [5.41, 5.74) is 7.38. The monoisotopic (exact) mass is 406 g/mol. The number of fused-ring (bicyclic) bond motifs is 1. The Kier molecular flexibility index (Phi) is 5.44. The van der Waals surface area contributed by atoms with E-state index in [1.165, 1.54) is 12.4 Å². The Labute approximate surface area is 171 Å². The van der Waals surface area contributed by atoms with Gasteiger partial charge < -0.3 is 10.5 Å². The lowest BCUT2D eigenvalue weighted by molar-refractivity contribution is -0.122. The number of anilines is 2. The molecule has 7 nitrogen and oxygen atoms in total. The van der Waals surface area contributed by atoms with E-state index < -0.39 is 12.6 Å². The van der Waals surface area contributed by atoms with Crippen LogP contribution in [0.5, 0.6) is 0 Å². The molecule has 0 aliphatic carbocycles. The number of benzene rings is 2. The first-order valence-electron chi connectivity index (χ1n) is 8.97. The average molecular weight is 406 g/mol. The number of nitrogens with zero attached hydrogens (tertiary/aromatic N) is 3. The average Bonchev–Trinajstić information content (AvgIpc) is 2.77. The zero-order valence-corrected chi connectivity index (χ0v) is 16.2. The molecule has 4 rings (SSSR count). The molecule has 0 spiro atoms. The number of ether oxygens (including phenoxy) is 1. The molecule has 1 aromatic heterocycles. The molecule has 8 heteroatoms. The number of esters is 1. The van der Waals surface area contributed by atoms with E-state index >= 15 is 0 Å². The molecule has 1 atom stereocenters. The minimum Gasteiger partial charge on any atom is -0.451 e. The van der Waals surface area contributed by atoms with Crippen molar-refractivity contribution in [1.82, 2.24) is 9.97 Å². The molecule has 146 valence electrons. The van der Waals surface area contributed by atoms with E-state index in [1.807, 2.05) is 54.6 Å². The first-order chi connectivity index (χ1) is 14.1. The number of nitrogens with two attached hydrogens (primary N) is 1. The largest absolute Gasteiger partial charge is 0.451 e. The molecule has 0 bridgehead atoms. The van der Waals surface area contributed by atoms with Crippen molar-refractivity contribution in [1.29, 1.82) is 0 Å². The summed E-state index contributed by atoms with van der Waals surface area (Å²) in [6.07, 6.45) is 2.72. The van der Waals surface area contributed by atoms with Gasteiger partial charge in [0.2, 0.25) is 0 Å². The fourth-order valence-corrected chi connectivity index (χ4v) is 4.36. The molecule has 0 saturated heterocycles. The van der Waals surface area contributed by atoms with Gasteiger partial charge in [0.05, 0.1) is 11.7 Å². The third-order valence-electron chi connectivity index (χ3n) is 4.53. The van der Waals surface area contributed by atoms with Crippen LogP contribution in [0.2, 0.25) is 0 Å². The molecule has 1 aliphatic heterocycles. The molecule has 0 saturated carbocycles. The maximum absolute atomic E-state index is 13.1. The Morgan fingerprint density at radius 1 is 1.07 bits per heavy atom. The van der Waals surface area contributed by atoms with Crippen LogP contribution in [0.1, 0.15) is 22.1 Å². The smallest absolute Gasteiger partial charge is 0.361 e. The predicted molar refractivity (Wildman–Crippen MR) is 111 cm³/mol. The molecule has 1 amide bonds. The van der Waals surface area contributed by atoms with E-state index in [1.54, 1.807) is 16.7 Å². The Bertz CT molecular complexity index is 1040. The third kappa shape index (κ3) is 3.93. The number of aromatic nitrogens is 2. The van der Waals surface area contributed by atoms with Crippen LogP contribution in [-0.4, -0.2) is 34.2 Å². The van der Waals surface area contributed by atoms with Crippen LogP contribution in [0, 0.1) is 0 Å². The maximum atomic E-state index is 13.1. The molecule has 0 fully saturated rings. The molecular formula is C21H18N4O3S. The number of para-hydroxylation sites is 1. The van der Waals surface area contributed by atoms with Crippen LogP contribution in [-0.2, 0) is 9.53 Å². The minimum atomic E-state index is -0.778. The van der Waals surface area contributed by atoms with Crippen LogP contribution in [0.15, 0.2) is 71.9 Å².